The molecule has 1 aromatic heterocycles. The summed E-state index contributed by atoms with van der Waals surface area (Å²) < 4.78 is 0. The van der Waals surface area contributed by atoms with Crippen molar-refractivity contribution >= 4 is 11.6 Å². The van der Waals surface area contributed by atoms with Gasteiger partial charge in [-0.25, -0.2) is 0 Å². The zero-order valence-corrected chi connectivity index (χ0v) is 10.5. The maximum absolute atomic E-state index is 4.18. The summed E-state index contributed by atoms with van der Waals surface area (Å²) in [6, 6.07) is 2.11. The molecule has 0 saturated heterocycles. The van der Waals surface area contributed by atoms with E-state index in [0.29, 0.717) is 0 Å². The van der Waals surface area contributed by atoms with Crippen LogP contribution in [-0.4, -0.2) is 4.98 Å². The third kappa shape index (κ3) is 2.92. The average Bonchev–Trinajstić information content (AvgIpc) is 2.17. The minimum Gasteiger partial charge on any atom is -0.264 e. The second kappa shape index (κ2) is 4.61. The zero-order chi connectivity index (χ0) is 11.5. The Morgan fingerprint density at radius 1 is 1.40 bits per heavy atom. The summed E-state index contributed by atoms with van der Waals surface area (Å²) >= 11 is 0. The van der Waals surface area contributed by atoms with E-state index >= 15 is 0 Å². The molecule has 82 valence electrons. The molecule has 0 aromatic carbocycles. The lowest BCUT2D eigenvalue weighted by Crippen LogP contribution is -2.30. The standard InChI is InChI=1S/C14H21N/c1-6-7-12-10-15-9-8-13(12)11(2)14(3,4)5/h7-10H,6H2,1-5H3/b12-7-,13-11+. The number of nitrogens with zero attached hydrogens (tertiary/aromatic N) is 1. The molecule has 1 rings (SSSR count). The first-order chi connectivity index (χ1) is 6.96. The van der Waals surface area contributed by atoms with E-state index in [0.717, 1.165) is 6.42 Å². The van der Waals surface area contributed by atoms with Crippen LogP contribution in [0.2, 0.25) is 0 Å². The second-order valence-corrected chi connectivity index (χ2v) is 4.95. The van der Waals surface area contributed by atoms with E-state index in [4.69, 9.17) is 0 Å². The summed E-state index contributed by atoms with van der Waals surface area (Å²) in [4.78, 5) is 4.18. The van der Waals surface area contributed by atoms with Crippen LogP contribution in [0, 0.1) is 5.41 Å². The molecule has 15 heavy (non-hydrogen) atoms. The van der Waals surface area contributed by atoms with Crippen LogP contribution in [0.4, 0.5) is 0 Å². The van der Waals surface area contributed by atoms with Crippen molar-refractivity contribution in [2.45, 2.75) is 41.0 Å². The molecule has 0 fully saturated rings. The number of pyridine rings is 1. The van der Waals surface area contributed by atoms with E-state index in [-0.39, 0.29) is 5.41 Å². The van der Waals surface area contributed by atoms with Crippen molar-refractivity contribution in [2.75, 3.05) is 0 Å². The van der Waals surface area contributed by atoms with Crippen LogP contribution in [0.1, 0.15) is 41.0 Å². The molecule has 0 amide bonds. The number of hydrogen-bond acceptors (Lipinski definition) is 1. The highest BCUT2D eigenvalue weighted by Crippen LogP contribution is 2.23. The summed E-state index contributed by atoms with van der Waals surface area (Å²) in [6.07, 6.45) is 7.11. The molecule has 0 radical (unpaired) electrons. The Morgan fingerprint density at radius 2 is 2.07 bits per heavy atom. The Labute approximate surface area is 92.6 Å². The second-order valence-electron chi connectivity index (χ2n) is 4.95. The molecule has 0 aliphatic heterocycles. The van der Waals surface area contributed by atoms with Gasteiger partial charge in [-0.3, -0.25) is 4.98 Å². The minimum atomic E-state index is 0.220. The Kier molecular flexibility index (Phi) is 3.67. The van der Waals surface area contributed by atoms with Crippen molar-refractivity contribution in [1.29, 1.82) is 0 Å². The van der Waals surface area contributed by atoms with E-state index in [1.807, 2.05) is 12.4 Å². The van der Waals surface area contributed by atoms with Crippen molar-refractivity contribution < 1.29 is 0 Å². The van der Waals surface area contributed by atoms with Crippen molar-refractivity contribution in [3.8, 4) is 0 Å². The molecule has 1 aromatic rings. The van der Waals surface area contributed by atoms with Crippen molar-refractivity contribution in [3.63, 3.8) is 0 Å². The molecule has 0 saturated carbocycles. The van der Waals surface area contributed by atoms with Crippen LogP contribution in [0.3, 0.4) is 0 Å². The third-order valence-electron chi connectivity index (χ3n) is 2.80. The first kappa shape index (κ1) is 12.0. The molecular formula is C14H21N. The molecular weight excluding hydrogens is 182 g/mol. The maximum Gasteiger partial charge on any atom is 0.0343 e. The first-order valence-corrected chi connectivity index (χ1v) is 5.58. The summed E-state index contributed by atoms with van der Waals surface area (Å²) in [6.45, 7) is 11.1. The Balaban J connectivity index is 3.57. The number of hydrogen-bond donors (Lipinski definition) is 0. The van der Waals surface area contributed by atoms with Gasteiger partial charge in [0.1, 0.15) is 0 Å². The fourth-order valence-electron chi connectivity index (χ4n) is 1.53. The minimum absolute atomic E-state index is 0.220. The van der Waals surface area contributed by atoms with E-state index < -0.39 is 0 Å². The van der Waals surface area contributed by atoms with Crippen molar-refractivity contribution in [2.24, 2.45) is 5.41 Å². The lowest BCUT2D eigenvalue weighted by Gasteiger charge is -2.19. The fraction of sp³-hybridized carbons (Fsp3) is 0.500. The summed E-state index contributed by atoms with van der Waals surface area (Å²) in [5, 5.41) is 2.59. The summed E-state index contributed by atoms with van der Waals surface area (Å²) in [5.41, 5.74) is 1.64. The van der Waals surface area contributed by atoms with Gasteiger partial charge in [0, 0.05) is 12.4 Å². The predicted octanol–water partition coefficient (Wildman–Crippen LogP) is 2.49. The molecule has 0 bridgehead atoms. The summed E-state index contributed by atoms with van der Waals surface area (Å²) in [5.74, 6) is 0. The van der Waals surface area contributed by atoms with Crippen LogP contribution in [0.5, 0.6) is 0 Å². The van der Waals surface area contributed by atoms with E-state index in [1.165, 1.54) is 16.0 Å². The smallest absolute Gasteiger partial charge is 0.0343 e. The van der Waals surface area contributed by atoms with Gasteiger partial charge in [-0.15, -0.1) is 0 Å². The topological polar surface area (TPSA) is 12.9 Å². The first-order valence-electron chi connectivity index (χ1n) is 5.58. The zero-order valence-electron chi connectivity index (χ0n) is 10.5. The fourth-order valence-corrected chi connectivity index (χ4v) is 1.53. The molecule has 0 aliphatic carbocycles. The molecule has 0 aliphatic rings. The van der Waals surface area contributed by atoms with Gasteiger partial charge in [0.25, 0.3) is 0 Å². The highest BCUT2D eigenvalue weighted by Gasteiger charge is 2.13. The largest absolute Gasteiger partial charge is 0.264 e. The van der Waals surface area contributed by atoms with Gasteiger partial charge in [0.2, 0.25) is 0 Å². The average molecular weight is 203 g/mol. The lowest BCUT2D eigenvalue weighted by molar-refractivity contribution is 0.558. The van der Waals surface area contributed by atoms with E-state index in [9.17, 15) is 0 Å². The van der Waals surface area contributed by atoms with Crippen LogP contribution in [-0.2, 0) is 0 Å². The Hall–Kier alpha value is -1.11. The van der Waals surface area contributed by atoms with Crippen molar-refractivity contribution in [3.05, 3.63) is 28.9 Å². The SMILES string of the molecule is CC/C=c1/cncc/c1=C(/C)C(C)(C)C. The lowest BCUT2D eigenvalue weighted by atomic mass is 9.86. The highest BCUT2D eigenvalue weighted by molar-refractivity contribution is 5.48. The van der Waals surface area contributed by atoms with Gasteiger partial charge in [0.15, 0.2) is 0 Å². The van der Waals surface area contributed by atoms with E-state index in [2.05, 4.69) is 51.7 Å². The van der Waals surface area contributed by atoms with Gasteiger partial charge in [-0.2, -0.15) is 0 Å². The normalized spacial score (nSPS) is 15.4. The van der Waals surface area contributed by atoms with Crippen molar-refractivity contribution in [1.82, 2.24) is 4.98 Å². The van der Waals surface area contributed by atoms with Gasteiger partial charge in [0.05, 0.1) is 0 Å². The molecule has 0 N–H and O–H groups in total. The van der Waals surface area contributed by atoms with Crippen LogP contribution in [0.15, 0.2) is 18.5 Å². The highest BCUT2D eigenvalue weighted by atomic mass is 14.6. The van der Waals surface area contributed by atoms with Gasteiger partial charge in [-0.05, 0) is 35.3 Å². The molecule has 0 unspecified atom stereocenters. The predicted molar refractivity (Wildman–Crippen MR) is 66.8 cm³/mol. The van der Waals surface area contributed by atoms with Crippen LogP contribution in [0.25, 0.3) is 11.6 Å². The van der Waals surface area contributed by atoms with Crippen LogP contribution < -0.4 is 10.4 Å². The maximum atomic E-state index is 4.18. The van der Waals surface area contributed by atoms with Crippen LogP contribution >= 0.6 is 0 Å². The molecule has 0 spiro atoms. The Bertz CT molecular complexity index is 435. The molecule has 1 nitrogen and oxygen atoms in total. The van der Waals surface area contributed by atoms with Gasteiger partial charge >= 0.3 is 0 Å². The molecule has 0 atom stereocenters. The third-order valence-corrected chi connectivity index (χ3v) is 2.80. The number of aromatic nitrogens is 1. The van der Waals surface area contributed by atoms with Gasteiger partial charge < -0.3 is 0 Å². The van der Waals surface area contributed by atoms with E-state index in [1.54, 1.807) is 0 Å². The summed E-state index contributed by atoms with van der Waals surface area (Å²) in [7, 11) is 0. The Morgan fingerprint density at radius 3 is 2.60 bits per heavy atom. The quantitative estimate of drug-likeness (QED) is 0.683. The molecule has 1 heteroatoms. The number of rotatable bonds is 1. The molecule has 1 heterocycles. The van der Waals surface area contributed by atoms with Gasteiger partial charge in [-0.1, -0.05) is 39.3 Å². The monoisotopic (exact) mass is 203 g/mol.